The number of aryl methyl sites for hydroxylation is 1. The van der Waals surface area contributed by atoms with Crippen LogP contribution in [-0.2, 0) is 9.59 Å². The Labute approximate surface area is 187 Å². The largest absolute Gasteiger partial charge is 0.324 e. The van der Waals surface area contributed by atoms with Crippen molar-refractivity contribution in [2.75, 3.05) is 10.6 Å². The van der Waals surface area contributed by atoms with E-state index >= 15 is 0 Å². The van der Waals surface area contributed by atoms with Crippen molar-refractivity contribution in [3.8, 4) is 11.3 Å². The number of rotatable bonds is 7. The highest BCUT2D eigenvalue weighted by Crippen LogP contribution is 2.22. The molecule has 1 aromatic heterocycles. The predicted octanol–water partition coefficient (Wildman–Crippen LogP) is 4.40. The van der Waals surface area contributed by atoms with Crippen LogP contribution in [0, 0.1) is 12.8 Å². The topological polar surface area (TPSA) is 93.1 Å². The number of para-hydroxylation sites is 1. The van der Waals surface area contributed by atoms with E-state index in [0.717, 1.165) is 11.1 Å². The van der Waals surface area contributed by atoms with Gasteiger partial charge < -0.3 is 10.6 Å². The number of aromatic nitrogens is 2. The molecular formula is C25H28N4O3. The average molecular weight is 433 g/mol. The Kier molecular flexibility index (Phi) is 7.20. The van der Waals surface area contributed by atoms with E-state index in [-0.39, 0.29) is 23.4 Å². The SMILES string of the molecule is CCC(C(=O)Nc1ccccc1)n1nc(-c2ccc(C)cc2)cc(NC(=O)C(C)C)c1=O. The zero-order valence-electron chi connectivity index (χ0n) is 18.8. The Morgan fingerprint density at radius 1 is 0.969 bits per heavy atom. The van der Waals surface area contributed by atoms with Crippen molar-refractivity contribution in [1.29, 1.82) is 0 Å². The summed E-state index contributed by atoms with van der Waals surface area (Å²) in [6.45, 7) is 7.29. The molecule has 2 amide bonds. The summed E-state index contributed by atoms with van der Waals surface area (Å²) in [7, 11) is 0. The van der Waals surface area contributed by atoms with Gasteiger partial charge in [0.05, 0.1) is 5.69 Å². The van der Waals surface area contributed by atoms with Crippen LogP contribution in [0.1, 0.15) is 38.8 Å². The molecule has 0 saturated carbocycles. The summed E-state index contributed by atoms with van der Waals surface area (Å²) in [6, 6.07) is 17.4. The van der Waals surface area contributed by atoms with Gasteiger partial charge in [-0.2, -0.15) is 5.10 Å². The van der Waals surface area contributed by atoms with E-state index in [1.165, 1.54) is 4.68 Å². The summed E-state index contributed by atoms with van der Waals surface area (Å²) >= 11 is 0. The summed E-state index contributed by atoms with van der Waals surface area (Å²) in [4.78, 5) is 38.6. The van der Waals surface area contributed by atoms with Crippen LogP contribution in [0.15, 0.2) is 65.5 Å². The van der Waals surface area contributed by atoms with Crippen LogP contribution >= 0.6 is 0 Å². The number of anilines is 2. The summed E-state index contributed by atoms with van der Waals surface area (Å²) in [5, 5.41) is 10.0. The van der Waals surface area contributed by atoms with Gasteiger partial charge in [0.1, 0.15) is 11.7 Å². The van der Waals surface area contributed by atoms with Crippen molar-refractivity contribution in [2.45, 2.75) is 40.2 Å². The molecule has 3 rings (SSSR count). The minimum Gasteiger partial charge on any atom is -0.324 e. The van der Waals surface area contributed by atoms with Crippen LogP contribution in [0.5, 0.6) is 0 Å². The van der Waals surface area contributed by atoms with E-state index in [0.29, 0.717) is 17.8 Å². The number of hydrogen-bond donors (Lipinski definition) is 2. The van der Waals surface area contributed by atoms with E-state index in [9.17, 15) is 14.4 Å². The standard InChI is InChI=1S/C25H28N4O3/c1-5-22(24(31)26-19-9-7-6-8-10-19)29-25(32)21(27-23(30)16(2)3)15-20(28-29)18-13-11-17(4)12-14-18/h6-16,22H,5H2,1-4H3,(H,26,31)(H,27,30). The Bertz CT molecular complexity index is 1150. The lowest BCUT2D eigenvalue weighted by Gasteiger charge is -2.19. The highest BCUT2D eigenvalue weighted by molar-refractivity contribution is 5.94. The second kappa shape index (κ2) is 10.0. The zero-order valence-corrected chi connectivity index (χ0v) is 18.8. The van der Waals surface area contributed by atoms with E-state index in [1.807, 2.05) is 56.3 Å². The van der Waals surface area contributed by atoms with Gasteiger partial charge in [-0.15, -0.1) is 0 Å². The molecule has 2 aromatic carbocycles. The Hall–Kier alpha value is -3.74. The second-order valence-corrected chi connectivity index (χ2v) is 7.98. The molecule has 32 heavy (non-hydrogen) atoms. The highest BCUT2D eigenvalue weighted by Gasteiger charge is 2.24. The summed E-state index contributed by atoms with van der Waals surface area (Å²) in [5.74, 6) is -0.936. The molecule has 0 radical (unpaired) electrons. The van der Waals surface area contributed by atoms with Gasteiger partial charge in [0, 0.05) is 17.2 Å². The summed E-state index contributed by atoms with van der Waals surface area (Å²) in [5.41, 5.74) is 2.57. The van der Waals surface area contributed by atoms with Gasteiger partial charge in [0.25, 0.3) is 5.56 Å². The number of nitrogens with zero attached hydrogens (tertiary/aromatic N) is 2. The molecule has 1 heterocycles. The number of benzene rings is 2. The van der Waals surface area contributed by atoms with Crippen molar-refractivity contribution in [2.24, 2.45) is 5.92 Å². The van der Waals surface area contributed by atoms with Gasteiger partial charge in [-0.1, -0.05) is 68.8 Å². The molecule has 166 valence electrons. The zero-order chi connectivity index (χ0) is 23.3. The third kappa shape index (κ3) is 5.29. The lowest BCUT2D eigenvalue weighted by atomic mass is 10.1. The molecule has 0 aliphatic carbocycles. The first-order chi connectivity index (χ1) is 15.3. The average Bonchev–Trinajstić information content (AvgIpc) is 2.77. The van der Waals surface area contributed by atoms with Crippen LogP contribution in [0.4, 0.5) is 11.4 Å². The third-order valence-electron chi connectivity index (χ3n) is 5.09. The fourth-order valence-corrected chi connectivity index (χ4v) is 3.17. The maximum absolute atomic E-state index is 13.2. The molecule has 0 bridgehead atoms. The molecular weight excluding hydrogens is 404 g/mol. The van der Waals surface area contributed by atoms with E-state index in [2.05, 4.69) is 15.7 Å². The van der Waals surface area contributed by atoms with Gasteiger partial charge in [0.15, 0.2) is 0 Å². The molecule has 0 aliphatic rings. The van der Waals surface area contributed by atoms with Crippen LogP contribution in [0.2, 0.25) is 0 Å². The molecule has 3 aromatic rings. The quantitative estimate of drug-likeness (QED) is 0.579. The van der Waals surface area contributed by atoms with Crippen LogP contribution in [0.25, 0.3) is 11.3 Å². The molecule has 1 atom stereocenters. The first kappa shape index (κ1) is 22.9. The molecule has 0 aliphatic heterocycles. The highest BCUT2D eigenvalue weighted by atomic mass is 16.2. The van der Waals surface area contributed by atoms with Gasteiger partial charge in [-0.3, -0.25) is 14.4 Å². The second-order valence-electron chi connectivity index (χ2n) is 7.98. The lowest BCUT2D eigenvalue weighted by molar-refractivity contribution is -0.120. The van der Waals surface area contributed by atoms with Crippen LogP contribution in [-0.4, -0.2) is 21.6 Å². The maximum atomic E-state index is 13.2. The number of nitrogens with one attached hydrogen (secondary N) is 2. The fourth-order valence-electron chi connectivity index (χ4n) is 3.17. The minimum absolute atomic E-state index is 0.0974. The molecule has 7 heteroatoms. The molecule has 0 saturated heterocycles. The normalized spacial score (nSPS) is 11.8. The van der Waals surface area contributed by atoms with E-state index in [4.69, 9.17) is 0 Å². The number of amides is 2. The van der Waals surface area contributed by atoms with Crippen LogP contribution in [0.3, 0.4) is 0 Å². The first-order valence-corrected chi connectivity index (χ1v) is 10.7. The van der Waals surface area contributed by atoms with Gasteiger partial charge in [-0.25, -0.2) is 4.68 Å². The van der Waals surface area contributed by atoms with Crippen LogP contribution < -0.4 is 16.2 Å². The van der Waals surface area contributed by atoms with Crippen molar-refractivity contribution in [3.05, 3.63) is 76.6 Å². The predicted molar refractivity (Wildman–Crippen MR) is 127 cm³/mol. The number of carbonyl (C=O) groups is 2. The van der Waals surface area contributed by atoms with Crippen molar-refractivity contribution in [3.63, 3.8) is 0 Å². The Balaban J connectivity index is 2.08. The maximum Gasteiger partial charge on any atom is 0.291 e. The van der Waals surface area contributed by atoms with Crippen molar-refractivity contribution >= 4 is 23.2 Å². The van der Waals surface area contributed by atoms with Gasteiger partial charge in [0.2, 0.25) is 11.8 Å². The first-order valence-electron chi connectivity index (χ1n) is 10.7. The third-order valence-corrected chi connectivity index (χ3v) is 5.09. The summed E-state index contributed by atoms with van der Waals surface area (Å²) < 4.78 is 1.17. The number of hydrogen-bond acceptors (Lipinski definition) is 4. The Morgan fingerprint density at radius 3 is 2.22 bits per heavy atom. The molecule has 2 N–H and O–H groups in total. The molecule has 0 spiro atoms. The summed E-state index contributed by atoms with van der Waals surface area (Å²) in [6.07, 6.45) is 0.348. The molecule has 7 nitrogen and oxygen atoms in total. The lowest BCUT2D eigenvalue weighted by Crippen LogP contribution is -2.37. The number of carbonyl (C=O) groups excluding carboxylic acids is 2. The van der Waals surface area contributed by atoms with Crippen molar-refractivity contribution in [1.82, 2.24) is 9.78 Å². The molecule has 1 unspecified atom stereocenters. The van der Waals surface area contributed by atoms with Crippen molar-refractivity contribution < 1.29 is 9.59 Å². The fraction of sp³-hybridized carbons (Fsp3) is 0.280. The van der Waals surface area contributed by atoms with Gasteiger partial charge >= 0.3 is 0 Å². The Morgan fingerprint density at radius 2 is 1.62 bits per heavy atom. The van der Waals surface area contributed by atoms with E-state index < -0.39 is 11.6 Å². The molecule has 0 fully saturated rings. The monoisotopic (exact) mass is 432 g/mol. The van der Waals surface area contributed by atoms with E-state index in [1.54, 1.807) is 32.0 Å². The van der Waals surface area contributed by atoms with Gasteiger partial charge in [-0.05, 0) is 31.5 Å². The minimum atomic E-state index is -0.845. The smallest absolute Gasteiger partial charge is 0.291 e.